The molecule has 0 aliphatic carbocycles. The van der Waals surface area contributed by atoms with Crippen molar-refractivity contribution in [2.45, 2.75) is 32.2 Å². The number of hydrogen-bond donors (Lipinski definition) is 0. The Hall–Kier alpha value is -1.68. The molecule has 3 nitrogen and oxygen atoms in total. The van der Waals surface area contributed by atoms with Gasteiger partial charge in [0.1, 0.15) is 5.82 Å². The molecule has 1 aliphatic rings. The van der Waals surface area contributed by atoms with Crippen molar-refractivity contribution in [1.82, 2.24) is 10.1 Å². The lowest BCUT2D eigenvalue weighted by molar-refractivity contribution is 0.184. The third-order valence-corrected chi connectivity index (χ3v) is 3.99. The first-order valence-corrected chi connectivity index (χ1v) is 7.11. The molecule has 0 N–H and O–H groups in total. The number of rotatable bonds is 3. The summed E-state index contributed by atoms with van der Waals surface area (Å²) < 4.78 is 18.2. The van der Waals surface area contributed by atoms with Crippen molar-refractivity contribution < 1.29 is 8.91 Å². The van der Waals surface area contributed by atoms with Crippen molar-refractivity contribution in [3.8, 4) is 0 Å². The van der Waals surface area contributed by atoms with Crippen LogP contribution in [0.3, 0.4) is 0 Å². The second-order valence-corrected chi connectivity index (χ2v) is 5.54. The minimum atomic E-state index is -0.160. The molecule has 1 fully saturated rings. The molecule has 4 heteroatoms. The van der Waals surface area contributed by atoms with Crippen LogP contribution in [0.2, 0.25) is 0 Å². The van der Waals surface area contributed by atoms with E-state index in [1.165, 1.54) is 5.56 Å². The zero-order valence-electron chi connectivity index (χ0n) is 11.7. The zero-order chi connectivity index (χ0) is 13.9. The fraction of sp³-hybridized carbons (Fsp3) is 0.438. The highest BCUT2D eigenvalue weighted by atomic mass is 19.1. The second-order valence-electron chi connectivity index (χ2n) is 5.54. The standard InChI is InChI=1S/C16H19FN2O/c1-12-10-16(20-18-12)11-19-8-6-14(7-9-19)13-2-4-15(17)5-3-13/h2-5,10,14H,6-9,11H2,1H3. The lowest BCUT2D eigenvalue weighted by atomic mass is 9.89. The number of aromatic nitrogens is 1. The van der Waals surface area contributed by atoms with Crippen molar-refractivity contribution in [3.05, 3.63) is 53.2 Å². The maximum atomic E-state index is 12.9. The molecule has 1 saturated heterocycles. The van der Waals surface area contributed by atoms with E-state index in [-0.39, 0.29) is 5.82 Å². The first kappa shape index (κ1) is 13.3. The summed E-state index contributed by atoms with van der Waals surface area (Å²) in [6.07, 6.45) is 2.22. The van der Waals surface area contributed by atoms with Gasteiger partial charge in [0.25, 0.3) is 0 Å². The summed E-state index contributed by atoms with van der Waals surface area (Å²) in [4.78, 5) is 2.39. The highest BCUT2D eigenvalue weighted by Gasteiger charge is 2.21. The van der Waals surface area contributed by atoms with Crippen LogP contribution in [0.1, 0.15) is 35.8 Å². The number of benzene rings is 1. The molecule has 0 unspecified atom stereocenters. The van der Waals surface area contributed by atoms with Crippen molar-refractivity contribution in [3.63, 3.8) is 0 Å². The molecule has 1 aliphatic heterocycles. The maximum Gasteiger partial charge on any atom is 0.150 e. The smallest absolute Gasteiger partial charge is 0.150 e. The van der Waals surface area contributed by atoms with Crippen LogP contribution in [-0.2, 0) is 6.54 Å². The molecule has 2 heterocycles. The number of halogens is 1. The highest BCUT2D eigenvalue weighted by molar-refractivity contribution is 5.21. The van der Waals surface area contributed by atoms with E-state index >= 15 is 0 Å². The van der Waals surface area contributed by atoms with Crippen LogP contribution >= 0.6 is 0 Å². The van der Waals surface area contributed by atoms with Gasteiger partial charge in [0.2, 0.25) is 0 Å². The molecule has 0 spiro atoms. The predicted molar refractivity (Wildman–Crippen MR) is 74.9 cm³/mol. The molecule has 0 radical (unpaired) electrons. The Morgan fingerprint density at radius 2 is 1.95 bits per heavy atom. The first-order valence-electron chi connectivity index (χ1n) is 7.11. The van der Waals surface area contributed by atoms with Gasteiger partial charge in [-0.2, -0.15) is 0 Å². The number of likely N-dealkylation sites (tertiary alicyclic amines) is 1. The Labute approximate surface area is 118 Å². The monoisotopic (exact) mass is 274 g/mol. The van der Waals surface area contributed by atoms with Gasteiger partial charge in [-0.1, -0.05) is 17.3 Å². The van der Waals surface area contributed by atoms with E-state index in [9.17, 15) is 4.39 Å². The van der Waals surface area contributed by atoms with E-state index in [1.807, 2.05) is 25.1 Å². The fourth-order valence-electron chi connectivity index (χ4n) is 2.87. The van der Waals surface area contributed by atoms with E-state index < -0.39 is 0 Å². The summed E-state index contributed by atoms with van der Waals surface area (Å²) in [5.74, 6) is 1.32. The van der Waals surface area contributed by atoms with Gasteiger partial charge in [0.05, 0.1) is 12.2 Å². The van der Waals surface area contributed by atoms with Gasteiger partial charge < -0.3 is 4.52 Å². The Morgan fingerprint density at radius 1 is 1.25 bits per heavy atom. The summed E-state index contributed by atoms with van der Waals surface area (Å²) in [6.45, 7) is 4.86. The van der Waals surface area contributed by atoms with Crippen LogP contribution in [0.25, 0.3) is 0 Å². The van der Waals surface area contributed by atoms with Crippen LogP contribution in [0.15, 0.2) is 34.9 Å². The van der Waals surface area contributed by atoms with Crippen LogP contribution in [0.4, 0.5) is 4.39 Å². The molecular formula is C16H19FN2O. The van der Waals surface area contributed by atoms with Crippen LogP contribution < -0.4 is 0 Å². The number of hydrogen-bond acceptors (Lipinski definition) is 3. The third-order valence-electron chi connectivity index (χ3n) is 3.99. The van der Waals surface area contributed by atoms with Gasteiger partial charge in [-0.05, 0) is 56.5 Å². The average Bonchev–Trinajstić information content (AvgIpc) is 2.86. The second kappa shape index (κ2) is 5.75. The minimum absolute atomic E-state index is 0.160. The van der Waals surface area contributed by atoms with Crippen LogP contribution in [0.5, 0.6) is 0 Å². The van der Waals surface area contributed by atoms with E-state index in [4.69, 9.17) is 4.52 Å². The first-order chi connectivity index (χ1) is 9.70. The van der Waals surface area contributed by atoms with Gasteiger partial charge in [-0.25, -0.2) is 4.39 Å². The fourth-order valence-corrected chi connectivity index (χ4v) is 2.87. The zero-order valence-corrected chi connectivity index (χ0v) is 11.7. The van der Waals surface area contributed by atoms with Crippen molar-refractivity contribution in [1.29, 1.82) is 0 Å². The van der Waals surface area contributed by atoms with Gasteiger partial charge in [-0.15, -0.1) is 0 Å². The molecule has 3 rings (SSSR count). The summed E-state index contributed by atoms with van der Waals surface area (Å²) in [6, 6.07) is 8.93. The van der Waals surface area contributed by atoms with Gasteiger partial charge >= 0.3 is 0 Å². The van der Waals surface area contributed by atoms with Gasteiger partial charge in [0.15, 0.2) is 5.76 Å². The van der Waals surface area contributed by atoms with Crippen molar-refractivity contribution in [2.75, 3.05) is 13.1 Å². The predicted octanol–water partition coefficient (Wildman–Crippen LogP) is 3.50. The van der Waals surface area contributed by atoms with E-state index in [0.29, 0.717) is 5.92 Å². The summed E-state index contributed by atoms with van der Waals surface area (Å²) in [5, 5.41) is 3.92. The number of nitrogens with zero attached hydrogens (tertiary/aromatic N) is 2. The summed E-state index contributed by atoms with van der Waals surface area (Å²) in [5.41, 5.74) is 2.18. The maximum absolute atomic E-state index is 12.9. The van der Waals surface area contributed by atoms with Crippen molar-refractivity contribution >= 4 is 0 Å². The van der Waals surface area contributed by atoms with E-state index in [0.717, 1.165) is 43.9 Å². The Morgan fingerprint density at radius 3 is 2.55 bits per heavy atom. The SMILES string of the molecule is Cc1cc(CN2CCC(c3ccc(F)cc3)CC2)on1. The third kappa shape index (κ3) is 3.07. The number of aryl methyl sites for hydroxylation is 1. The van der Waals surface area contributed by atoms with Crippen molar-refractivity contribution in [2.24, 2.45) is 0 Å². The highest BCUT2D eigenvalue weighted by Crippen LogP contribution is 2.28. The quantitative estimate of drug-likeness (QED) is 0.858. The molecular weight excluding hydrogens is 255 g/mol. The van der Waals surface area contributed by atoms with Crippen LogP contribution in [0, 0.1) is 12.7 Å². The molecule has 0 amide bonds. The minimum Gasteiger partial charge on any atom is -0.360 e. The normalized spacial score (nSPS) is 17.5. The topological polar surface area (TPSA) is 29.3 Å². The lowest BCUT2D eigenvalue weighted by Crippen LogP contribution is -2.32. The van der Waals surface area contributed by atoms with E-state index in [2.05, 4.69) is 10.1 Å². The lowest BCUT2D eigenvalue weighted by Gasteiger charge is -2.31. The van der Waals surface area contributed by atoms with E-state index in [1.54, 1.807) is 12.1 Å². The Bertz CT molecular complexity index is 556. The Balaban J connectivity index is 1.55. The molecule has 1 aromatic heterocycles. The Kier molecular flexibility index (Phi) is 3.83. The molecule has 1 aromatic carbocycles. The largest absolute Gasteiger partial charge is 0.360 e. The number of piperidine rings is 1. The molecule has 2 aromatic rings. The summed E-state index contributed by atoms with van der Waals surface area (Å²) in [7, 11) is 0. The molecule has 106 valence electrons. The average molecular weight is 274 g/mol. The molecule has 20 heavy (non-hydrogen) atoms. The van der Waals surface area contributed by atoms with Gasteiger partial charge in [0, 0.05) is 6.07 Å². The molecule has 0 saturated carbocycles. The van der Waals surface area contributed by atoms with Gasteiger partial charge in [-0.3, -0.25) is 4.90 Å². The molecule has 0 atom stereocenters. The summed E-state index contributed by atoms with van der Waals surface area (Å²) >= 11 is 0. The molecule has 0 bridgehead atoms. The van der Waals surface area contributed by atoms with Crippen LogP contribution in [-0.4, -0.2) is 23.1 Å².